The van der Waals surface area contributed by atoms with Crippen molar-refractivity contribution in [3.63, 3.8) is 0 Å². The van der Waals surface area contributed by atoms with Crippen LogP contribution in [0.15, 0.2) is 0 Å². The van der Waals surface area contributed by atoms with E-state index in [1.807, 2.05) is 0 Å². The van der Waals surface area contributed by atoms with E-state index in [4.69, 9.17) is 0 Å². The quantitative estimate of drug-likeness (QED) is 0.792. The van der Waals surface area contributed by atoms with Crippen molar-refractivity contribution in [2.24, 2.45) is 11.8 Å². The SMILES string of the molecule is CC1CC[NH+](CC(=O)C2CCC(Br)CC2)C(C)C1. The standard InChI is InChI=1S/C15H26BrNO/c1-11-7-8-17(12(2)9-11)10-15(18)13-3-5-14(16)6-4-13/h11-14H,3-10H2,1-2H3/p+1. The fourth-order valence-electron chi connectivity index (χ4n) is 3.57. The Hall–Kier alpha value is 0.110. The molecular weight excluding hydrogens is 290 g/mol. The summed E-state index contributed by atoms with van der Waals surface area (Å²) in [5.74, 6) is 1.74. The monoisotopic (exact) mass is 316 g/mol. The first-order valence-electron chi connectivity index (χ1n) is 7.57. The number of carbonyl (C=O) groups excluding carboxylic acids is 1. The van der Waals surface area contributed by atoms with E-state index in [2.05, 4.69) is 29.8 Å². The third-order valence-electron chi connectivity index (χ3n) is 4.92. The van der Waals surface area contributed by atoms with Crippen molar-refractivity contribution < 1.29 is 9.69 Å². The molecule has 2 rings (SSSR count). The largest absolute Gasteiger partial charge is 0.327 e. The Kier molecular flexibility index (Phi) is 5.25. The first-order valence-corrected chi connectivity index (χ1v) is 8.49. The lowest BCUT2D eigenvalue weighted by Gasteiger charge is -2.34. The molecule has 1 saturated carbocycles. The number of alkyl halides is 1. The highest BCUT2D eigenvalue weighted by Crippen LogP contribution is 2.28. The van der Waals surface area contributed by atoms with E-state index >= 15 is 0 Å². The van der Waals surface area contributed by atoms with Crippen LogP contribution in [0.2, 0.25) is 0 Å². The van der Waals surface area contributed by atoms with Gasteiger partial charge in [-0.3, -0.25) is 4.79 Å². The number of carbonyl (C=O) groups is 1. The first kappa shape index (κ1) is 14.5. The van der Waals surface area contributed by atoms with Crippen LogP contribution < -0.4 is 4.90 Å². The Morgan fingerprint density at radius 1 is 1.17 bits per heavy atom. The second-order valence-corrected chi connectivity index (χ2v) is 7.83. The molecule has 3 unspecified atom stereocenters. The molecule has 1 N–H and O–H groups in total. The molecule has 0 radical (unpaired) electrons. The van der Waals surface area contributed by atoms with Crippen LogP contribution >= 0.6 is 15.9 Å². The van der Waals surface area contributed by atoms with Crippen LogP contribution in [-0.4, -0.2) is 29.7 Å². The summed E-state index contributed by atoms with van der Waals surface area (Å²) >= 11 is 3.66. The van der Waals surface area contributed by atoms with Crippen LogP contribution in [0.5, 0.6) is 0 Å². The molecule has 3 heteroatoms. The Bertz CT molecular complexity index is 286. The van der Waals surface area contributed by atoms with Crippen LogP contribution in [0.3, 0.4) is 0 Å². The van der Waals surface area contributed by atoms with Crippen LogP contribution in [0, 0.1) is 11.8 Å². The van der Waals surface area contributed by atoms with Crippen molar-refractivity contribution >= 4 is 21.7 Å². The molecular formula is C15H27BrNO+. The molecule has 2 fully saturated rings. The molecule has 2 nitrogen and oxygen atoms in total. The number of nitrogens with one attached hydrogen (secondary N) is 1. The lowest BCUT2D eigenvalue weighted by atomic mass is 9.85. The highest BCUT2D eigenvalue weighted by molar-refractivity contribution is 9.09. The normalized spacial score (nSPS) is 41.6. The number of halogens is 1. The maximum absolute atomic E-state index is 12.4. The zero-order valence-electron chi connectivity index (χ0n) is 11.8. The van der Waals surface area contributed by atoms with Crippen molar-refractivity contribution in [3.8, 4) is 0 Å². The van der Waals surface area contributed by atoms with Gasteiger partial charge in [0.25, 0.3) is 0 Å². The molecule has 18 heavy (non-hydrogen) atoms. The van der Waals surface area contributed by atoms with Crippen LogP contribution in [0.4, 0.5) is 0 Å². The average Bonchev–Trinajstić information content (AvgIpc) is 2.33. The molecule has 104 valence electrons. The van der Waals surface area contributed by atoms with Crippen molar-refractivity contribution in [2.75, 3.05) is 13.1 Å². The maximum atomic E-state index is 12.4. The fourth-order valence-corrected chi connectivity index (χ4v) is 4.10. The van der Waals surface area contributed by atoms with Gasteiger partial charge in [0.05, 0.1) is 12.6 Å². The molecule has 1 heterocycles. The molecule has 2 aliphatic rings. The molecule has 0 aromatic heterocycles. The smallest absolute Gasteiger partial charge is 0.189 e. The zero-order chi connectivity index (χ0) is 13.1. The van der Waals surface area contributed by atoms with Gasteiger partial charge in [-0.2, -0.15) is 0 Å². The number of piperidine rings is 1. The predicted octanol–water partition coefficient (Wildman–Crippen LogP) is 2.21. The lowest BCUT2D eigenvalue weighted by molar-refractivity contribution is -0.922. The topological polar surface area (TPSA) is 21.5 Å². The fraction of sp³-hybridized carbons (Fsp3) is 0.933. The van der Waals surface area contributed by atoms with Gasteiger partial charge in [0.1, 0.15) is 6.54 Å². The van der Waals surface area contributed by atoms with Crippen LogP contribution in [0.25, 0.3) is 0 Å². The number of quaternary nitrogens is 1. The Morgan fingerprint density at radius 3 is 2.44 bits per heavy atom. The van der Waals surface area contributed by atoms with E-state index in [-0.39, 0.29) is 0 Å². The Labute approximate surface area is 120 Å². The minimum atomic E-state index is 0.359. The van der Waals surface area contributed by atoms with Crippen molar-refractivity contribution in [3.05, 3.63) is 0 Å². The molecule has 1 aliphatic heterocycles. The summed E-state index contributed by atoms with van der Waals surface area (Å²) in [4.78, 5) is 14.6. The van der Waals surface area contributed by atoms with Gasteiger partial charge in [-0.1, -0.05) is 22.9 Å². The molecule has 1 aliphatic carbocycles. The number of hydrogen-bond donors (Lipinski definition) is 1. The third-order valence-corrected chi connectivity index (χ3v) is 5.84. The summed E-state index contributed by atoms with van der Waals surface area (Å²) in [5.41, 5.74) is 0. The molecule has 0 bridgehead atoms. The predicted molar refractivity (Wildman–Crippen MR) is 78.2 cm³/mol. The van der Waals surface area contributed by atoms with Gasteiger partial charge in [-0.05, 0) is 44.9 Å². The van der Waals surface area contributed by atoms with Crippen molar-refractivity contribution in [1.82, 2.24) is 0 Å². The van der Waals surface area contributed by atoms with Gasteiger partial charge in [-0.15, -0.1) is 0 Å². The van der Waals surface area contributed by atoms with E-state index in [0.29, 0.717) is 22.6 Å². The summed E-state index contributed by atoms with van der Waals surface area (Å²) in [6.07, 6.45) is 7.15. The summed E-state index contributed by atoms with van der Waals surface area (Å²) in [6.45, 7) is 6.63. The average molecular weight is 317 g/mol. The summed E-state index contributed by atoms with van der Waals surface area (Å²) in [7, 11) is 0. The Morgan fingerprint density at radius 2 is 1.83 bits per heavy atom. The lowest BCUT2D eigenvalue weighted by Crippen LogP contribution is -3.17. The van der Waals surface area contributed by atoms with Gasteiger partial charge in [0.15, 0.2) is 5.78 Å². The second-order valence-electron chi connectivity index (χ2n) is 6.53. The van der Waals surface area contributed by atoms with E-state index in [9.17, 15) is 4.79 Å². The van der Waals surface area contributed by atoms with Gasteiger partial charge in [0.2, 0.25) is 0 Å². The minimum Gasteiger partial charge on any atom is -0.327 e. The van der Waals surface area contributed by atoms with Crippen LogP contribution in [-0.2, 0) is 4.79 Å². The number of likely N-dealkylation sites (tertiary alicyclic amines) is 1. The highest BCUT2D eigenvalue weighted by Gasteiger charge is 2.31. The third kappa shape index (κ3) is 3.80. The number of rotatable bonds is 3. The van der Waals surface area contributed by atoms with E-state index in [1.54, 1.807) is 4.90 Å². The maximum Gasteiger partial charge on any atom is 0.189 e. The second kappa shape index (κ2) is 6.51. The van der Waals surface area contributed by atoms with Gasteiger partial charge in [0, 0.05) is 17.2 Å². The first-order chi connectivity index (χ1) is 8.56. The van der Waals surface area contributed by atoms with Gasteiger partial charge >= 0.3 is 0 Å². The number of hydrogen-bond acceptors (Lipinski definition) is 1. The Balaban J connectivity index is 1.80. The highest BCUT2D eigenvalue weighted by atomic mass is 79.9. The van der Waals surface area contributed by atoms with Gasteiger partial charge in [-0.25, -0.2) is 0 Å². The summed E-state index contributed by atoms with van der Waals surface area (Å²) in [5, 5.41) is 0. The van der Waals surface area contributed by atoms with E-state index < -0.39 is 0 Å². The number of ketones is 1. The van der Waals surface area contributed by atoms with Crippen molar-refractivity contribution in [1.29, 1.82) is 0 Å². The van der Waals surface area contributed by atoms with Gasteiger partial charge < -0.3 is 4.90 Å². The van der Waals surface area contributed by atoms with Crippen molar-refractivity contribution in [2.45, 2.75) is 63.2 Å². The molecule has 0 aromatic rings. The number of Topliss-reactive ketones (excluding diaryl/α,β-unsaturated/α-hetero) is 1. The van der Waals surface area contributed by atoms with E-state index in [0.717, 1.165) is 25.3 Å². The molecule has 3 atom stereocenters. The molecule has 1 saturated heterocycles. The molecule has 0 aromatic carbocycles. The minimum absolute atomic E-state index is 0.359. The zero-order valence-corrected chi connectivity index (χ0v) is 13.3. The summed E-state index contributed by atoms with van der Waals surface area (Å²) < 4.78 is 0. The molecule has 0 amide bonds. The molecule has 0 spiro atoms. The van der Waals surface area contributed by atoms with E-state index in [1.165, 1.54) is 32.2 Å². The van der Waals surface area contributed by atoms with Crippen LogP contribution in [0.1, 0.15) is 52.4 Å². The summed E-state index contributed by atoms with van der Waals surface area (Å²) in [6, 6.07) is 0.671.